The number of aromatic amines is 1. The Morgan fingerprint density at radius 1 is 1.06 bits per heavy atom. The number of aliphatic carboxylic acids is 1. The lowest BCUT2D eigenvalue weighted by atomic mass is 9.83. The summed E-state index contributed by atoms with van der Waals surface area (Å²) in [6.45, 7) is 6.40. The summed E-state index contributed by atoms with van der Waals surface area (Å²) in [6.07, 6.45) is 0.422. The van der Waals surface area contributed by atoms with Crippen LogP contribution in [0.3, 0.4) is 0 Å². The van der Waals surface area contributed by atoms with Gasteiger partial charge in [-0.15, -0.1) is 0 Å². The highest BCUT2D eigenvalue weighted by atomic mass is 35.5. The second-order valence-electron chi connectivity index (χ2n) is 9.38. The summed E-state index contributed by atoms with van der Waals surface area (Å²) >= 11 is 6.91. The normalized spacial score (nSPS) is 19.0. The Kier molecular flexibility index (Phi) is 4.61. The number of aromatic nitrogens is 1. The average Bonchev–Trinajstić information content (AvgIpc) is 3.11. The zero-order valence-corrected chi connectivity index (χ0v) is 18.5. The fourth-order valence-electron chi connectivity index (χ4n) is 4.82. The van der Waals surface area contributed by atoms with Gasteiger partial charge in [0.1, 0.15) is 6.04 Å². The predicted molar refractivity (Wildman–Crippen MR) is 126 cm³/mol. The maximum absolute atomic E-state index is 12.1. The number of hydrogen-bond donors (Lipinski definition) is 3. The van der Waals surface area contributed by atoms with E-state index in [-0.39, 0.29) is 11.5 Å². The second kappa shape index (κ2) is 7.11. The number of H-pyrrole nitrogens is 1. The maximum atomic E-state index is 12.1. The molecule has 0 bridgehead atoms. The first-order valence-electron chi connectivity index (χ1n) is 10.6. The third kappa shape index (κ3) is 3.22. The smallest absolute Gasteiger partial charge is 0.321 e. The molecule has 0 aliphatic carbocycles. The number of hydrogen-bond acceptors (Lipinski definition) is 2. The molecule has 5 heteroatoms. The number of carboxylic acid groups (broad SMARTS) is 1. The van der Waals surface area contributed by atoms with Crippen molar-refractivity contribution in [1.29, 1.82) is 0 Å². The zero-order chi connectivity index (χ0) is 21.9. The molecule has 0 saturated heterocycles. The molecule has 31 heavy (non-hydrogen) atoms. The fraction of sp³-hybridized carbons (Fsp3) is 0.269. The molecule has 158 valence electrons. The molecule has 0 radical (unpaired) electrons. The van der Waals surface area contributed by atoms with Crippen molar-refractivity contribution in [2.75, 3.05) is 0 Å². The summed E-state index contributed by atoms with van der Waals surface area (Å²) in [4.78, 5) is 15.7. The van der Waals surface area contributed by atoms with Crippen molar-refractivity contribution in [3.63, 3.8) is 0 Å². The van der Waals surface area contributed by atoms with Crippen molar-refractivity contribution in [2.24, 2.45) is 0 Å². The largest absolute Gasteiger partial charge is 0.480 e. The molecule has 3 aromatic carbocycles. The first kappa shape index (κ1) is 20.1. The van der Waals surface area contributed by atoms with Crippen LogP contribution in [0, 0.1) is 0 Å². The molecular formula is C26H25ClN2O2. The van der Waals surface area contributed by atoms with Gasteiger partial charge >= 0.3 is 5.97 Å². The van der Waals surface area contributed by atoms with Gasteiger partial charge in [0.15, 0.2) is 0 Å². The average molecular weight is 433 g/mol. The van der Waals surface area contributed by atoms with Crippen LogP contribution in [0.2, 0.25) is 5.02 Å². The lowest BCUT2D eigenvalue weighted by Gasteiger charge is -2.31. The van der Waals surface area contributed by atoms with Gasteiger partial charge in [0.2, 0.25) is 0 Å². The lowest BCUT2D eigenvalue weighted by molar-refractivity contribution is -0.139. The van der Waals surface area contributed by atoms with Gasteiger partial charge in [-0.3, -0.25) is 10.1 Å². The van der Waals surface area contributed by atoms with Gasteiger partial charge in [-0.25, -0.2) is 0 Å². The molecular weight excluding hydrogens is 408 g/mol. The number of nitrogens with one attached hydrogen (secondary N) is 2. The number of benzene rings is 3. The molecule has 2 unspecified atom stereocenters. The van der Waals surface area contributed by atoms with Crippen LogP contribution in [0.15, 0.2) is 54.6 Å². The summed E-state index contributed by atoms with van der Waals surface area (Å²) < 4.78 is 0. The molecule has 0 spiro atoms. The van der Waals surface area contributed by atoms with Crippen LogP contribution in [0.25, 0.3) is 21.7 Å². The highest BCUT2D eigenvalue weighted by molar-refractivity contribution is 6.32. The molecule has 0 amide bonds. The third-order valence-electron chi connectivity index (χ3n) is 6.34. The lowest BCUT2D eigenvalue weighted by Crippen LogP contribution is -2.45. The van der Waals surface area contributed by atoms with E-state index in [2.05, 4.69) is 55.3 Å². The summed E-state index contributed by atoms with van der Waals surface area (Å²) in [7, 11) is 0. The van der Waals surface area contributed by atoms with E-state index in [1.807, 2.05) is 30.3 Å². The van der Waals surface area contributed by atoms with Gasteiger partial charge in [0, 0.05) is 28.0 Å². The van der Waals surface area contributed by atoms with Gasteiger partial charge < -0.3 is 10.1 Å². The number of halogens is 1. The van der Waals surface area contributed by atoms with E-state index in [4.69, 9.17) is 11.6 Å². The molecule has 1 aliphatic rings. The molecule has 4 aromatic rings. The van der Waals surface area contributed by atoms with Gasteiger partial charge in [-0.1, -0.05) is 80.9 Å². The van der Waals surface area contributed by atoms with Gasteiger partial charge in [0.05, 0.1) is 6.04 Å². The van der Waals surface area contributed by atoms with Crippen LogP contribution in [0.5, 0.6) is 0 Å². The van der Waals surface area contributed by atoms with Gasteiger partial charge in [-0.05, 0) is 38.9 Å². The molecule has 0 fully saturated rings. The Morgan fingerprint density at radius 2 is 1.84 bits per heavy atom. The Balaban J connectivity index is 1.78. The van der Waals surface area contributed by atoms with Gasteiger partial charge in [-0.2, -0.15) is 0 Å². The zero-order valence-electron chi connectivity index (χ0n) is 17.8. The maximum Gasteiger partial charge on any atom is 0.321 e. The van der Waals surface area contributed by atoms with E-state index in [1.165, 1.54) is 0 Å². The predicted octanol–water partition coefficient (Wildman–Crippen LogP) is 5.96. The number of carboxylic acids is 1. The summed E-state index contributed by atoms with van der Waals surface area (Å²) in [6, 6.07) is 17.4. The Labute approximate surface area is 186 Å². The quantitative estimate of drug-likeness (QED) is 0.366. The SMILES string of the molecule is CC(C)(C)c1cccc(C2NC(C(=O)O)Cc3c2[nH]c2ccc4ccccc4c32)c1Cl. The van der Waals surface area contributed by atoms with E-state index in [0.717, 1.165) is 44.1 Å². The van der Waals surface area contributed by atoms with Gasteiger partial charge in [0.25, 0.3) is 0 Å². The first-order valence-corrected chi connectivity index (χ1v) is 10.9. The molecule has 1 aromatic heterocycles. The second-order valence-corrected chi connectivity index (χ2v) is 9.76. The highest BCUT2D eigenvalue weighted by Crippen LogP contribution is 2.42. The fourth-order valence-corrected chi connectivity index (χ4v) is 5.34. The molecule has 2 atom stereocenters. The van der Waals surface area contributed by atoms with Crippen LogP contribution >= 0.6 is 11.6 Å². The van der Waals surface area contributed by atoms with E-state index >= 15 is 0 Å². The minimum Gasteiger partial charge on any atom is -0.480 e. The minimum atomic E-state index is -0.853. The van der Waals surface area contributed by atoms with Crippen molar-refractivity contribution >= 4 is 39.2 Å². The molecule has 1 aliphatic heterocycles. The van der Waals surface area contributed by atoms with Crippen LogP contribution in [-0.4, -0.2) is 22.1 Å². The van der Waals surface area contributed by atoms with Crippen molar-refractivity contribution < 1.29 is 9.90 Å². The molecule has 5 rings (SSSR count). The molecule has 3 N–H and O–H groups in total. The van der Waals surface area contributed by atoms with Crippen molar-refractivity contribution in [3.05, 3.63) is 82.0 Å². The van der Waals surface area contributed by atoms with Crippen molar-refractivity contribution in [3.8, 4) is 0 Å². The minimum absolute atomic E-state index is 0.118. The molecule has 0 saturated carbocycles. The molecule has 4 nitrogen and oxygen atoms in total. The summed E-state index contributed by atoms with van der Waals surface area (Å²) in [5.41, 5.74) is 4.90. The Hall–Kier alpha value is -2.82. The first-order chi connectivity index (χ1) is 14.8. The summed E-state index contributed by atoms with van der Waals surface area (Å²) in [5.74, 6) is -0.853. The van der Waals surface area contributed by atoms with E-state index in [9.17, 15) is 9.90 Å². The van der Waals surface area contributed by atoms with E-state index in [1.54, 1.807) is 0 Å². The van der Waals surface area contributed by atoms with Crippen LogP contribution in [-0.2, 0) is 16.6 Å². The topological polar surface area (TPSA) is 65.1 Å². The molecule has 2 heterocycles. The van der Waals surface area contributed by atoms with E-state index < -0.39 is 12.0 Å². The Bertz CT molecular complexity index is 1330. The monoisotopic (exact) mass is 432 g/mol. The Morgan fingerprint density at radius 3 is 2.58 bits per heavy atom. The number of carbonyl (C=O) groups is 1. The van der Waals surface area contributed by atoms with Crippen molar-refractivity contribution in [2.45, 2.75) is 44.7 Å². The van der Waals surface area contributed by atoms with Crippen LogP contribution in [0.4, 0.5) is 0 Å². The number of fused-ring (bicyclic) bond motifs is 5. The highest BCUT2D eigenvalue weighted by Gasteiger charge is 2.36. The third-order valence-corrected chi connectivity index (χ3v) is 6.76. The number of rotatable bonds is 2. The van der Waals surface area contributed by atoms with Crippen LogP contribution in [0.1, 0.15) is 49.2 Å². The van der Waals surface area contributed by atoms with Crippen LogP contribution < -0.4 is 5.32 Å². The summed E-state index contributed by atoms with van der Waals surface area (Å²) in [5, 5.41) is 17.3. The van der Waals surface area contributed by atoms with Crippen molar-refractivity contribution in [1.82, 2.24) is 10.3 Å². The standard InChI is InChI=1S/C26H25ClN2O2/c1-26(2,3)18-10-6-9-16(22(18)27)23-24-17(13-20(29-23)25(30)31)21-15-8-5-4-7-14(15)11-12-19(21)28-24/h4-12,20,23,28-29H,13H2,1-3H3,(H,30,31). The van der Waals surface area contributed by atoms with E-state index in [0.29, 0.717) is 11.4 Å².